The van der Waals surface area contributed by atoms with Gasteiger partial charge in [-0.1, -0.05) is 24.9 Å². The van der Waals surface area contributed by atoms with Crippen LogP contribution in [0.1, 0.15) is 41.6 Å². The minimum atomic E-state index is -0.207. The van der Waals surface area contributed by atoms with Crippen molar-refractivity contribution in [3.8, 4) is 17.2 Å². The first-order valence-corrected chi connectivity index (χ1v) is 9.08. The SMILES string of the molecule is CCCCc1nc(Cl)c(/C=C/C(=O)c2cc(OC)c(OC)c(OC)c2)n1C. The molecular weight excluding hydrogens is 368 g/mol. The summed E-state index contributed by atoms with van der Waals surface area (Å²) in [6.07, 6.45) is 6.11. The van der Waals surface area contributed by atoms with Gasteiger partial charge >= 0.3 is 0 Å². The van der Waals surface area contributed by atoms with E-state index in [0.717, 1.165) is 25.1 Å². The van der Waals surface area contributed by atoms with Gasteiger partial charge < -0.3 is 18.8 Å². The summed E-state index contributed by atoms with van der Waals surface area (Å²) in [4.78, 5) is 17.0. The number of carbonyl (C=O) groups is 1. The summed E-state index contributed by atoms with van der Waals surface area (Å²) in [5, 5.41) is 0.387. The van der Waals surface area contributed by atoms with E-state index in [-0.39, 0.29) is 5.78 Å². The van der Waals surface area contributed by atoms with E-state index in [1.807, 2.05) is 11.6 Å². The molecular formula is C20H25ClN2O4. The Morgan fingerprint density at radius 2 is 1.81 bits per heavy atom. The Morgan fingerprint density at radius 3 is 2.33 bits per heavy atom. The van der Waals surface area contributed by atoms with Gasteiger partial charge in [-0.2, -0.15) is 0 Å². The highest BCUT2D eigenvalue weighted by Crippen LogP contribution is 2.38. The van der Waals surface area contributed by atoms with Gasteiger partial charge in [0.15, 0.2) is 22.4 Å². The van der Waals surface area contributed by atoms with Crippen LogP contribution in [-0.2, 0) is 13.5 Å². The van der Waals surface area contributed by atoms with Gasteiger partial charge in [0.25, 0.3) is 0 Å². The van der Waals surface area contributed by atoms with Gasteiger partial charge in [-0.15, -0.1) is 0 Å². The van der Waals surface area contributed by atoms with E-state index in [1.165, 1.54) is 27.4 Å². The van der Waals surface area contributed by atoms with Gasteiger partial charge in [0.05, 0.1) is 27.0 Å². The third kappa shape index (κ3) is 4.63. The number of methoxy groups -OCH3 is 3. The zero-order valence-corrected chi connectivity index (χ0v) is 17.1. The number of benzene rings is 1. The van der Waals surface area contributed by atoms with Gasteiger partial charge in [-0.25, -0.2) is 4.98 Å². The molecule has 27 heavy (non-hydrogen) atoms. The van der Waals surface area contributed by atoms with Crippen LogP contribution in [0.3, 0.4) is 0 Å². The van der Waals surface area contributed by atoms with Crippen molar-refractivity contribution in [1.29, 1.82) is 0 Å². The molecule has 0 fully saturated rings. The lowest BCUT2D eigenvalue weighted by atomic mass is 10.1. The molecule has 6 nitrogen and oxygen atoms in total. The largest absolute Gasteiger partial charge is 0.493 e. The molecule has 0 spiro atoms. The van der Waals surface area contributed by atoms with E-state index in [2.05, 4.69) is 11.9 Å². The zero-order valence-electron chi connectivity index (χ0n) is 16.3. The molecule has 1 aromatic carbocycles. The van der Waals surface area contributed by atoms with Gasteiger partial charge in [0.1, 0.15) is 5.82 Å². The number of rotatable bonds is 9. The van der Waals surface area contributed by atoms with E-state index in [9.17, 15) is 4.79 Å². The fraction of sp³-hybridized carbons (Fsp3) is 0.400. The molecule has 146 valence electrons. The first kappa shape index (κ1) is 20.8. The summed E-state index contributed by atoms with van der Waals surface area (Å²) < 4.78 is 17.8. The minimum absolute atomic E-state index is 0.207. The Hall–Kier alpha value is -2.47. The number of aromatic nitrogens is 2. The molecule has 1 aromatic heterocycles. The summed E-state index contributed by atoms with van der Waals surface area (Å²) in [5.74, 6) is 1.99. The molecule has 7 heteroatoms. The van der Waals surface area contributed by atoms with Crippen molar-refractivity contribution in [3.05, 3.63) is 40.4 Å². The maximum atomic E-state index is 12.6. The van der Waals surface area contributed by atoms with Crippen molar-refractivity contribution in [1.82, 2.24) is 9.55 Å². The smallest absolute Gasteiger partial charge is 0.203 e. The van der Waals surface area contributed by atoms with Gasteiger partial charge in [-0.05, 0) is 30.7 Å². The molecule has 0 atom stereocenters. The average Bonchev–Trinajstić information content (AvgIpc) is 2.95. The fourth-order valence-corrected chi connectivity index (χ4v) is 3.02. The predicted octanol–water partition coefficient (Wildman–Crippen LogP) is 4.34. The normalized spacial score (nSPS) is 11.0. The first-order valence-electron chi connectivity index (χ1n) is 8.70. The number of aryl methyl sites for hydroxylation is 1. The van der Waals surface area contributed by atoms with E-state index in [1.54, 1.807) is 18.2 Å². The van der Waals surface area contributed by atoms with E-state index < -0.39 is 0 Å². The molecule has 2 aromatic rings. The van der Waals surface area contributed by atoms with Crippen LogP contribution < -0.4 is 14.2 Å². The molecule has 0 aliphatic carbocycles. The number of nitrogens with zero attached hydrogens (tertiary/aromatic N) is 2. The highest BCUT2D eigenvalue weighted by molar-refractivity contribution is 6.30. The lowest BCUT2D eigenvalue weighted by Gasteiger charge is -2.13. The lowest BCUT2D eigenvalue weighted by Crippen LogP contribution is -2.01. The number of allylic oxidation sites excluding steroid dienone is 1. The Balaban J connectivity index is 2.31. The van der Waals surface area contributed by atoms with E-state index >= 15 is 0 Å². The molecule has 1 heterocycles. The summed E-state index contributed by atoms with van der Waals surface area (Å²) in [5.41, 5.74) is 1.12. The molecule has 0 N–H and O–H groups in total. The van der Waals surface area contributed by atoms with Crippen LogP contribution >= 0.6 is 11.6 Å². The first-order chi connectivity index (χ1) is 13.0. The third-order valence-electron chi connectivity index (χ3n) is 4.28. The van der Waals surface area contributed by atoms with E-state index in [0.29, 0.717) is 33.7 Å². The number of carbonyl (C=O) groups excluding carboxylic acids is 1. The maximum absolute atomic E-state index is 12.6. The molecule has 0 bridgehead atoms. The number of unbranched alkanes of at least 4 members (excludes halogenated alkanes) is 1. The Labute approximate surface area is 164 Å². The predicted molar refractivity (Wildman–Crippen MR) is 106 cm³/mol. The van der Waals surface area contributed by atoms with Crippen molar-refractivity contribution >= 4 is 23.5 Å². The fourth-order valence-electron chi connectivity index (χ4n) is 2.74. The topological polar surface area (TPSA) is 62.6 Å². The second kappa shape index (κ2) is 9.46. The van der Waals surface area contributed by atoms with Crippen LogP contribution in [0, 0.1) is 0 Å². The maximum Gasteiger partial charge on any atom is 0.203 e. The molecule has 0 radical (unpaired) electrons. The number of hydrogen-bond donors (Lipinski definition) is 0. The summed E-state index contributed by atoms with van der Waals surface area (Å²) in [6.45, 7) is 2.13. The Kier molecular flexibility index (Phi) is 7.30. The third-order valence-corrected chi connectivity index (χ3v) is 4.56. The van der Waals surface area contributed by atoms with Crippen LogP contribution in [0.5, 0.6) is 17.2 Å². The standard InChI is InChI=1S/C20H25ClN2O4/c1-6-7-8-18-22-20(21)14(23(18)2)9-10-15(24)13-11-16(25-3)19(27-5)17(12-13)26-4/h9-12H,6-8H2,1-5H3/b10-9+. The molecule has 0 amide bonds. The lowest BCUT2D eigenvalue weighted by molar-refractivity contribution is 0.104. The average molecular weight is 393 g/mol. The highest BCUT2D eigenvalue weighted by atomic mass is 35.5. The monoisotopic (exact) mass is 392 g/mol. The quantitative estimate of drug-likeness (QED) is 0.469. The van der Waals surface area contributed by atoms with E-state index in [4.69, 9.17) is 25.8 Å². The van der Waals surface area contributed by atoms with Crippen molar-refractivity contribution in [3.63, 3.8) is 0 Å². The van der Waals surface area contributed by atoms with Crippen molar-refractivity contribution in [2.24, 2.45) is 7.05 Å². The van der Waals surface area contributed by atoms with Gasteiger partial charge in [0.2, 0.25) is 5.75 Å². The number of halogens is 1. The minimum Gasteiger partial charge on any atom is -0.493 e. The summed E-state index contributed by atoms with van der Waals surface area (Å²) >= 11 is 6.24. The summed E-state index contributed by atoms with van der Waals surface area (Å²) in [7, 11) is 6.43. The molecule has 0 aliphatic rings. The number of ketones is 1. The summed E-state index contributed by atoms with van der Waals surface area (Å²) in [6, 6.07) is 3.23. The van der Waals surface area contributed by atoms with Crippen LogP contribution in [0.25, 0.3) is 6.08 Å². The highest BCUT2D eigenvalue weighted by Gasteiger charge is 2.16. The van der Waals surface area contributed by atoms with Crippen molar-refractivity contribution in [2.45, 2.75) is 26.2 Å². The Bertz CT molecular complexity index is 818. The van der Waals surface area contributed by atoms with Gasteiger partial charge in [0, 0.05) is 19.0 Å². The van der Waals surface area contributed by atoms with Crippen LogP contribution in [-0.4, -0.2) is 36.7 Å². The van der Waals surface area contributed by atoms with Crippen molar-refractivity contribution in [2.75, 3.05) is 21.3 Å². The van der Waals surface area contributed by atoms with Crippen LogP contribution in [0.4, 0.5) is 0 Å². The number of ether oxygens (including phenoxy) is 3. The molecule has 0 saturated carbocycles. The number of imidazole rings is 1. The van der Waals surface area contributed by atoms with Crippen molar-refractivity contribution < 1.29 is 19.0 Å². The van der Waals surface area contributed by atoms with Crippen LogP contribution in [0.15, 0.2) is 18.2 Å². The molecule has 0 aliphatic heterocycles. The second-order valence-electron chi connectivity index (χ2n) is 5.98. The number of hydrogen-bond acceptors (Lipinski definition) is 5. The van der Waals surface area contributed by atoms with Crippen LogP contribution in [0.2, 0.25) is 5.15 Å². The molecule has 2 rings (SSSR count). The second-order valence-corrected chi connectivity index (χ2v) is 6.34. The van der Waals surface area contributed by atoms with Gasteiger partial charge in [-0.3, -0.25) is 4.79 Å². The molecule has 0 unspecified atom stereocenters. The zero-order chi connectivity index (χ0) is 20.0. The Morgan fingerprint density at radius 1 is 1.19 bits per heavy atom. The molecule has 0 saturated heterocycles.